The first kappa shape index (κ1) is 25.4. The summed E-state index contributed by atoms with van der Waals surface area (Å²) in [7, 11) is 0. The summed E-state index contributed by atoms with van der Waals surface area (Å²) in [5, 5.41) is 0. The first-order valence-electron chi connectivity index (χ1n) is 13.4. The zero-order valence-electron chi connectivity index (χ0n) is 21.8. The first-order valence-corrected chi connectivity index (χ1v) is 14.4. The maximum atomic E-state index is 13.4. The summed E-state index contributed by atoms with van der Waals surface area (Å²) in [6.07, 6.45) is 0. The van der Waals surface area contributed by atoms with Gasteiger partial charge in [-0.1, -0.05) is 84.9 Å². The highest BCUT2D eigenvalue weighted by Crippen LogP contribution is 2.36. The molecule has 196 valence electrons. The molecule has 2 amide bonds. The number of thioether (sulfide) groups is 1. The Bertz CT molecular complexity index is 1400. The van der Waals surface area contributed by atoms with Gasteiger partial charge in [0.25, 0.3) is 5.91 Å². The fraction of sp³-hybridized carbons (Fsp3) is 0.212. The molecule has 1 saturated heterocycles. The quantitative estimate of drug-likeness (QED) is 0.311. The van der Waals surface area contributed by atoms with Gasteiger partial charge in [0.2, 0.25) is 5.91 Å². The van der Waals surface area contributed by atoms with E-state index in [-0.39, 0.29) is 17.9 Å². The molecule has 0 saturated carbocycles. The molecule has 0 aromatic heterocycles. The third kappa shape index (κ3) is 5.49. The number of anilines is 1. The lowest BCUT2D eigenvalue weighted by Gasteiger charge is -2.39. The predicted molar refractivity (Wildman–Crippen MR) is 157 cm³/mol. The maximum absolute atomic E-state index is 13.4. The number of carbonyl (C=O) groups excluding carboxylic acids is 2. The van der Waals surface area contributed by atoms with Crippen LogP contribution >= 0.6 is 11.8 Å². The summed E-state index contributed by atoms with van der Waals surface area (Å²) in [4.78, 5) is 33.4. The summed E-state index contributed by atoms with van der Waals surface area (Å²) >= 11 is 1.59. The van der Waals surface area contributed by atoms with Crippen LogP contribution in [0, 0.1) is 0 Å². The van der Waals surface area contributed by atoms with Crippen molar-refractivity contribution < 1.29 is 9.59 Å². The minimum absolute atomic E-state index is 0.0629. The summed E-state index contributed by atoms with van der Waals surface area (Å²) in [6, 6.07) is 37.2. The van der Waals surface area contributed by atoms with E-state index in [9.17, 15) is 9.59 Å². The van der Waals surface area contributed by atoms with E-state index >= 15 is 0 Å². The lowest BCUT2D eigenvalue weighted by Crippen LogP contribution is -2.49. The number of fused-ring (bicyclic) bond motifs is 1. The van der Waals surface area contributed by atoms with Gasteiger partial charge >= 0.3 is 0 Å². The van der Waals surface area contributed by atoms with Crippen LogP contribution in [0.25, 0.3) is 0 Å². The predicted octanol–water partition coefficient (Wildman–Crippen LogP) is 5.87. The number of benzene rings is 4. The van der Waals surface area contributed by atoms with Crippen molar-refractivity contribution in [3.8, 4) is 0 Å². The Labute approximate surface area is 234 Å². The van der Waals surface area contributed by atoms with Gasteiger partial charge in [0.1, 0.15) is 0 Å². The molecule has 39 heavy (non-hydrogen) atoms. The van der Waals surface area contributed by atoms with E-state index in [1.165, 1.54) is 11.1 Å². The smallest absolute Gasteiger partial charge is 0.253 e. The van der Waals surface area contributed by atoms with Crippen LogP contribution in [-0.4, -0.2) is 53.5 Å². The van der Waals surface area contributed by atoms with Gasteiger partial charge in [-0.2, -0.15) is 0 Å². The van der Waals surface area contributed by atoms with Crippen LogP contribution in [0.5, 0.6) is 0 Å². The van der Waals surface area contributed by atoms with Gasteiger partial charge in [0.15, 0.2) is 0 Å². The molecule has 2 aliphatic rings. The van der Waals surface area contributed by atoms with Crippen molar-refractivity contribution in [2.45, 2.75) is 17.5 Å². The van der Waals surface area contributed by atoms with E-state index in [1.54, 1.807) is 11.8 Å². The van der Waals surface area contributed by atoms with Crippen molar-refractivity contribution in [3.05, 3.63) is 131 Å². The van der Waals surface area contributed by atoms with Gasteiger partial charge in [-0.3, -0.25) is 14.5 Å². The van der Waals surface area contributed by atoms with Crippen LogP contribution < -0.4 is 4.90 Å². The second-order valence-electron chi connectivity index (χ2n) is 9.99. The molecule has 5 nitrogen and oxygen atoms in total. The minimum atomic E-state index is 0.0629. The van der Waals surface area contributed by atoms with Crippen LogP contribution in [0.15, 0.2) is 114 Å². The fourth-order valence-electron chi connectivity index (χ4n) is 5.51. The van der Waals surface area contributed by atoms with Crippen molar-refractivity contribution >= 4 is 29.3 Å². The van der Waals surface area contributed by atoms with Gasteiger partial charge in [0.05, 0.1) is 24.0 Å². The maximum Gasteiger partial charge on any atom is 0.253 e. The molecule has 0 N–H and O–H groups in total. The van der Waals surface area contributed by atoms with Gasteiger partial charge in [-0.25, -0.2) is 0 Å². The van der Waals surface area contributed by atoms with E-state index in [0.29, 0.717) is 31.0 Å². The molecule has 2 aliphatic heterocycles. The number of carbonyl (C=O) groups is 2. The van der Waals surface area contributed by atoms with Crippen molar-refractivity contribution in [2.75, 3.05) is 36.8 Å². The summed E-state index contributed by atoms with van der Waals surface area (Å²) in [5.41, 5.74) is 5.21. The molecular formula is C33H31N3O2S. The summed E-state index contributed by atoms with van der Waals surface area (Å²) < 4.78 is 0. The van der Waals surface area contributed by atoms with Gasteiger partial charge in [-0.15, -0.1) is 11.8 Å². The SMILES string of the molecule is O=C(c1ccc(CN2C(=O)CSc3ccccc32)cc1)N1CCN(C(c2ccccc2)c2ccccc2)CC1. The Morgan fingerprint density at radius 3 is 1.95 bits per heavy atom. The fourth-order valence-corrected chi connectivity index (χ4v) is 6.45. The highest BCUT2D eigenvalue weighted by Gasteiger charge is 2.29. The van der Waals surface area contributed by atoms with Crippen molar-refractivity contribution in [1.82, 2.24) is 9.80 Å². The Kier molecular flexibility index (Phi) is 7.48. The highest BCUT2D eigenvalue weighted by atomic mass is 32.2. The minimum Gasteiger partial charge on any atom is -0.336 e. The number of para-hydroxylation sites is 1. The lowest BCUT2D eigenvalue weighted by molar-refractivity contribution is -0.116. The molecule has 0 bridgehead atoms. The molecule has 6 rings (SSSR count). The second kappa shape index (κ2) is 11.5. The Hall–Kier alpha value is -3.87. The van der Waals surface area contributed by atoms with E-state index in [0.717, 1.165) is 29.2 Å². The molecule has 2 heterocycles. The molecule has 0 radical (unpaired) electrons. The van der Waals surface area contributed by atoms with Crippen LogP contribution in [0.2, 0.25) is 0 Å². The van der Waals surface area contributed by atoms with Crippen molar-refractivity contribution in [3.63, 3.8) is 0 Å². The van der Waals surface area contributed by atoms with Crippen molar-refractivity contribution in [1.29, 1.82) is 0 Å². The number of hydrogen-bond donors (Lipinski definition) is 0. The molecule has 4 aromatic carbocycles. The Morgan fingerprint density at radius 2 is 1.31 bits per heavy atom. The summed E-state index contributed by atoms with van der Waals surface area (Å²) in [5.74, 6) is 0.628. The molecule has 4 aromatic rings. The number of amides is 2. The monoisotopic (exact) mass is 533 g/mol. The van der Waals surface area contributed by atoms with Gasteiger partial charge in [0, 0.05) is 36.6 Å². The van der Waals surface area contributed by atoms with E-state index in [4.69, 9.17) is 0 Å². The largest absolute Gasteiger partial charge is 0.336 e. The Morgan fingerprint density at radius 1 is 0.718 bits per heavy atom. The highest BCUT2D eigenvalue weighted by molar-refractivity contribution is 8.00. The van der Waals surface area contributed by atoms with Crippen LogP contribution in [0.1, 0.15) is 33.1 Å². The van der Waals surface area contributed by atoms with Gasteiger partial charge in [-0.05, 0) is 41.0 Å². The first-order chi connectivity index (χ1) is 19.2. The molecule has 0 spiro atoms. The molecule has 1 fully saturated rings. The summed E-state index contributed by atoms with van der Waals surface area (Å²) in [6.45, 7) is 3.50. The number of hydrogen-bond acceptors (Lipinski definition) is 4. The third-order valence-corrected chi connectivity index (χ3v) is 8.59. The van der Waals surface area contributed by atoms with Gasteiger partial charge < -0.3 is 9.80 Å². The average molecular weight is 534 g/mol. The number of piperazine rings is 1. The third-order valence-electron chi connectivity index (χ3n) is 7.55. The average Bonchev–Trinajstić information content (AvgIpc) is 3.00. The standard InChI is InChI=1S/C33H31N3O2S/c37-31-24-39-30-14-8-7-13-29(30)36(31)23-25-15-17-28(18-16-25)33(38)35-21-19-34(20-22-35)32(26-9-3-1-4-10-26)27-11-5-2-6-12-27/h1-18,32H,19-24H2. The molecule has 0 unspecified atom stereocenters. The zero-order chi connectivity index (χ0) is 26.6. The van der Waals surface area contributed by atoms with Crippen molar-refractivity contribution in [2.24, 2.45) is 0 Å². The second-order valence-corrected chi connectivity index (χ2v) is 11.0. The molecule has 6 heteroatoms. The number of rotatable bonds is 6. The van der Waals surface area contributed by atoms with E-state index in [1.807, 2.05) is 52.3 Å². The van der Waals surface area contributed by atoms with Crippen LogP contribution in [-0.2, 0) is 11.3 Å². The zero-order valence-corrected chi connectivity index (χ0v) is 22.6. The van der Waals surface area contributed by atoms with Crippen LogP contribution in [0.4, 0.5) is 5.69 Å². The molecular weight excluding hydrogens is 502 g/mol. The molecule has 0 atom stereocenters. The number of nitrogens with zero attached hydrogens (tertiary/aromatic N) is 3. The Balaban J connectivity index is 1.11. The topological polar surface area (TPSA) is 43.9 Å². The molecule has 0 aliphatic carbocycles. The lowest BCUT2D eigenvalue weighted by atomic mass is 9.96. The van der Waals surface area contributed by atoms with Crippen LogP contribution in [0.3, 0.4) is 0 Å². The normalized spacial score (nSPS) is 15.9. The van der Waals surface area contributed by atoms with E-state index in [2.05, 4.69) is 71.6 Å². The van der Waals surface area contributed by atoms with E-state index < -0.39 is 0 Å².